The average Bonchev–Trinajstić information content (AvgIpc) is 3.11. The van der Waals surface area contributed by atoms with E-state index in [0.717, 1.165) is 36.0 Å². The number of esters is 2. The molecular weight excluding hydrogens is 644 g/mol. The Morgan fingerprint density at radius 1 is 0.900 bits per heavy atom. The number of hydrogen-bond acceptors (Lipinski definition) is 12. The minimum absolute atomic E-state index is 0.0659. The molecule has 0 fully saturated rings. The molecule has 0 aliphatic heterocycles. The van der Waals surface area contributed by atoms with E-state index >= 15 is 0 Å². The van der Waals surface area contributed by atoms with Crippen molar-refractivity contribution in [2.24, 2.45) is 11.8 Å². The Morgan fingerprint density at radius 2 is 1.56 bits per heavy atom. The van der Waals surface area contributed by atoms with Gasteiger partial charge >= 0.3 is 11.9 Å². The summed E-state index contributed by atoms with van der Waals surface area (Å²) in [4.78, 5) is 53.9. The van der Waals surface area contributed by atoms with Crippen LogP contribution in [0.1, 0.15) is 44.7 Å². The van der Waals surface area contributed by atoms with E-state index in [1.54, 1.807) is 0 Å². The van der Waals surface area contributed by atoms with Crippen molar-refractivity contribution >= 4 is 34.8 Å². The van der Waals surface area contributed by atoms with Crippen molar-refractivity contribution < 1.29 is 48.3 Å². The Kier molecular flexibility index (Phi) is 13.6. The first kappa shape index (κ1) is 38.1. The molecule has 0 saturated carbocycles. The van der Waals surface area contributed by atoms with Gasteiger partial charge in [-0.25, -0.2) is 0 Å². The Labute approximate surface area is 293 Å². The van der Waals surface area contributed by atoms with E-state index in [2.05, 4.69) is 29.7 Å². The standard InChI is InChI=1S/C38H48N2O10/c1-6-39(7-2)27-13-14-28(24(4)21-27)36-37(45)35(38(36)46)25-9-11-26(12-10-25)40(8-3)17-18-49-33(43)15-16-34(44)50-20-19-48-32-23-29(41)31(47-5)22-30(32)42/h9-14,21-23,25-26,29,35,41,45H,6-8,15-20H2,1-5H3. The number of allylic oxidation sites excluding steroid dienone is 5. The molecular formula is C38H48N2O10. The summed E-state index contributed by atoms with van der Waals surface area (Å²) < 4.78 is 20.6. The van der Waals surface area contributed by atoms with E-state index in [4.69, 9.17) is 18.9 Å². The van der Waals surface area contributed by atoms with Crippen LogP contribution in [0.2, 0.25) is 0 Å². The summed E-state index contributed by atoms with van der Waals surface area (Å²) in [6.45, 7) is 11.0. The number of carbonyl (C=O) groups excluding carboxylic acids is 4. The number of aryl methyl sites for hydroxylation is 1. The quantitative estimate of drug-likeness (QED) is 0.130. The van der Waals surface area contributed by atoms with E-state index < -0.39 is 29.7 Å². The highest BCUT2D eigenvalue weighted by atomic mass is 16.6. The van der Waals surface area contributed by atoms with Crippen LogP contribution < -0.4 is 4.90 Å². The van der Waals surface area contributed by atoms with Gasteiger partial charge in [-0.2, -0.15) is 0 Å². The Morgan fingerprint density at radius 3 is 2.14 bits per heavy atom. The summed E-state index contributed by atoms with van der Waals surface area (Å²) >= 11 is 0. The minimum Gasteiger partial charge on any atom is -0.511 e. The van der Waals surface area contributed by atoms with E-state index in [0.29, 0.717) is 18.7 Å². The van der Waals surface area contributed by atoms with Gasteiger partial charge in [0.15, 0.2) is 11.5 Å². The zero-order chi connectivity index (χ0) is 36.4. The number of Topliss-reactive ketones (excluding diaryl/α,β-unsaturated/α-hetero) is 1. The van der Waals surface area contributed by atoms with E-state index in [1.807, 2.05) is 50.3 Å². The first-order chi connectivity index (χ1) is 24.0. The molecule has 2 atom stereocenters. The molecule has 270 valence electrons. The molecule has 12 nitrogen and oxygen atoms in total. The van der Waals surface area contributed by atoms with Crippen molar-refractivity contribution in [3.8, 4) is 0 Å². The maximum absolute atomic E-state index is 13.3. The molecule has 12 heteroatoms. The van der Waals surface area contributed by atoms with Crippen LogP contribution in [0, 0.1) is 18.8 Å². The Hall–Kier alpha value is -4.68. The normalized spacial score (nSPS) is 21.4. The number of anilines is 1. The zero-order valence-corrected chi connectivity index (χ0v) is 29.4. The number of hydrogen-bond donors (Lipinski definition) is 2. The number of benzene rings is 1. The van der Waals surface area contributed by atoms with Gasteiger partial charge in [-0.3, -0.25) is 24.1 Å². The highest BCUT2D eigenvalue weighted by Crippen LogP contribution is 2.43. The molecule has 50 heavy (non-hydrogen) atoms. The van der Waals surface area contributed by atoms with Gasteiger partial charge in [0.1, 0.15) is 37.4 Å². The van der Waals surface area contributed by atoms with Crippen molar-refractivity contribution in [1.82, 2.24) is 4.90 Å². The SMILES string of the molecule is CCN(CC)c1ccc(C2=C(O)C(C3C=CC(N(CC)CCOC(=O)CCC(=O)OCCOC4=CC(O)C(OC)=CC4=O)C=C3)C2=O)c(C)c1. The fourth-order valence-electron chi connectivity index (χ4n) is 6.25. The van der Waals surface area contributed by atoms with Crippen molar-refractivity contribution in [2.45, 2.75) is 52.7 Å². The Balaban J connectivity index is 1.16. The predicted molar refractivity (Wildman–Crippen MR) is 187 cm³/mol. The maximum atomic E-state index is 13.3. The highest BCUT2D eigenvalue weighted by molar-refractivity contribution is 6.30. The molecule has 0 amide bonds. The Bertz CT molecular complexity index is 1570. The van der Waals surface area contributed by atoms with Crippen LogP contribution in [0.15, 0.2) is 71.9 Å². The molecule has 0 bridgehead atoms. The third kappa shape index (κ3) is 9.10. The number of aliphatic hydroxyl groups is 2. The van der Waals surface area contributed by atoms with Crippen molar-refractivity contribution in [1.29, 1.82) is 0 Å². The molecule has 3 aliphatic carbocycles. The van der Waals surface area contributed by atoms with Gasteiger partial charge < -0.3 is 34.1 Å². The highest BCUT2D eigenvalue weighted by Gasteiger charge is 2.44. The number of carbonyl (C=O) groups is 4. The fourth-order valence-corrected chi connectivity index (χ4v) is 6.25. The topological polar surface area (TPSA) is 152 Å². The van der Waals surface area contributed by atoms with Crippen molar-refractivity contribution in [2.75, 3.05) is 58.0 Å². The van der Waals surface area contributed by atoms with Crippen LogP contribution >= 0.6 is 0 Å². The number of ether oxygens (including phenoxy) is 4. The molecule has 0 saturated heterocycles. The second-order valence-electron chi connectivity index (χ2n) is 12.1. The molecule has 1 aromatic carbocycles. The van der Waals surface area contributed by atoms with E-state index in [1.165, 1.54) is 13.2 Å². The lowest BCUT2D eigenvalue weighted by atomic mass is 9.70. The summed E-state index contributed by atoms with van der Waals surface area (Å²) in [5, 5.41) is 20.9. The van der Waals surface area contributed by atoms with Crippen molar-refractivity contribution in [3.63, 3.8) is 0 Å². The lowest BCUT2D eigenvalue weighted by Crippen LogP contribution is -2.39. The summed E-state index contributed by atoms with van der Waals surface area (Å²) in [5.41, 5.74) is 3.21. The molecule has 2 N–H and O–H groups in total. The lowest BCUT2D eigenvalue weighted by Gasteiger charge is -2.35. The van der Waals surface area contributed by atoms with Gasteiger partial charge in [-0.15, -0.1) is 0 Å². The van der Waals surface area contributed by atoms with Crippen LogP contribution in [0.4, 0.5) is 5.69 Å². The molecule has 0 radical (unpaired) electrons. The van der Waals surface area contributed by atoms with Crippen LogP contribution in [-0.4, -0.2) is 104 Å². The summed E-state index contributed by atoms with van der Waals surface area (Å²) in [7, 11) is 1.34. The first-order valence-electron chi connectivity index (χ1n) is 17.1. The first-order valence-corrected chi connectivity index (χ1v) is 17.1. The monoisotopic (exact) mass is 692 g/mol. The molecule has 3 aliphatic rings. The maximum Gasteiger partial charge on any atom is 0.306 e. The molecule has 0 spiro atoms. The van der Waals surface area contributed by atoms with Gasteiger partial charge in [-0.05, 0) is 56.7 Å². The largest absolute Gasteiger partial charge is 0.511 e. The van der Waals surface area contributed by atoms with Gasteiger partial charge in [0.05, 0.1) is 31.4 Å². The lowest BCUT2D eigenvalue weighted by molar-refractivity contribution is -0.151. The van der Waals surface area contributed by atoms with Gasteiger partial charge in [0.25, 0.3) is 0 Å². The number of methoxy groups -OCH3 is 1. The van der Waals surface area contributed by atoms with Gasteiger partial charge in [0.2, 0.25) is 5.78 Å². The summed E-state index contributed by atoms with van der Waals surface area (Å²) in [6, 6.07) is 5.91. The third-order valence-electron chi connectivity index (χ3n) is 9.09. The van der Waals surface area contributed by atoms with Gasteiger partial charge in [0, 0.05) is 43.4 Å². The van der Waals surface area contributed by atoms with Crippen LogP contribution in [0.3, 0.4) is 0 Å². The van der Waals surface area contributed by atoms with Crippen molar-refractivity contribution in [3.05, 3.63) is 83.1 Å². The summed E-state index contributed by atoms with van der Waals surface area (Å²) in [6.07, 6.45) is 8.80. The smallest absolute Gasteiger partial charge is 0.306 e. The average molecular weight is 693 g/mol. The van der Waals surface area contributed by atoms with E-state index in [9.17, 15) is 29.4 Å². The molecule has 0 heterocycles. The molecule has 2 unspecified atom stereocenters. The second kappa shape index (κ2) is 17.8. The zero-order valence-electron chi connectivity index (χ0n) is 29.4. The van der Waals surface area contributed by atoms with E-state index in [-0.39, 0.29) is 67.7 Å². The number of ketones is 2. The fraction of sp³-hybridized carbons (Fsp3) is 0.474. The predicted octanol–water partition coefficient (Wildman–Crippen LogP) is 3.98. The minimum atomic E-state index is -1.10. The second-order valence-corrected chi connectivity index (χ2v) is 12.1. The molecule has 4 rings (SSSR count). The van der Waals surface area contributed by atoms with Crippen LogP contribution in [-0.2, 0) is 38.1 Å². The number of likely N-dealkylation sites (N-methyl/N-ethyl adjacent to an activating group) is 1. The summed E-state index contributed by atoms with van der Waals surface area (Å²) in [5.74, 6) is -2.37. The van der Waals surface area contributed by atoms with Crippen LogP contribution in [0.5, 0.6) is 0 Å². The third-order valence-corrected chi connectivity index (χ3v) is 9.09. The molecule has 0 aromatic heterocycles. The van der Waals surface area contributed by atoms with Gasteiger partial charge in [-0.1, -0.05) is 37.3 Å². The number of rotatable bonds is 18. The number of aliphatic hydroxyl groups excluding tert-OH is 2. The van der Waals surface area contributed by atoms with Crippen LogP contribution in [0.25, 0.3) is 5.57 Å². The number of nitrogens with zero attached hydrogens (tertiary/aromatic N) is 2. The molecule has 1 aromatic rings.